The molecule has 1 fully saturated rings. The molecule has 0 amide bonds. The van der Waals surface area contributed by atoms with Crippen molar-refractivity contribution in [3.8, 4) is 0 Å². The monoisotopic (exact) mass is 273 g/mol. The number of sulfonamides is 1. The molecule has 0 radical (unpaired) electrons. The van der Waals surface area contributed by atoms with Crippen molar-refractivity contribution in [2.24, 2.45) is 5.92 Å². The molecular weight excluding hydrogens is 258 g/mol. The first-order valence-corrected chi connectivity index (χ1v) is 7.15. The van der Waals surface area contributed by atoms with E-state index in [1.807, 2.05) is 0 Å². The van der Waals surface area contributed by atoms with Crippen LogP contribution < -0.4 is 0 Å². The van der Waals surface area contributed by atoms with Crippen molar-refractivity contribution in [2.45, 2.75) is 24.3 Å². The van der Waals surface area contributed by atoms with Gasteiger partial charge in [-0.2, -0.15) is 9.40 Å². The van der Waals surface area contributed by atoms with Crippen molar-refractivity contribution in [2.75, 3.05) is 13.1 Å². The van der Waals surface area contributed by atoms with E-state index in [-0.39, 0.29) is 23.9 Å². The Hall–Kier alpha value is -1.41. The number of piperidine rings is 1. The molecule has 1 aromatic rings. The van der Waals surface area contributed by atoms with E-state index in [0.29, 0.717) is 13.0 Å². The lowest BCUT2D eigenvalue weighted by Gasteiger charge is -2.30. The third kappa shape index (κ3) is 2.70. The smallest absolute Gasteiger partial charge is 0.303 e. The number of nitrogens with one attached hydrogen (secondary N) is 1. The van der Waals surface area contributed by atoms with E-state index in [1.54, 1.807) is 0 Å². The van der Waals surface area contributed by atoms with E-state index in [0.717, 1.165) is 6.42 Å². The normalized spacial score (nSPS) is 21.9. The molecule has 1 aliphatic heterocycles. The van der Waals surface area contributed by atoms with Gasteiger partial charge in [0.25, 0.3) is 10.0 Å². The minimum atomic E-state index is -3.57. The van der Waals surface area contributed by atoms with Crippen molar-refractivity contribution in [1.29, 1.82) is 0 Å². The molecule has 1 aliphatic rings. The molecule has 1 saturated heterocycles. The summed E-state index contributed by atoms with van der Waals surface area (Å²) in [5.41, 5.74) is 0. The van der Waals surface area contributed by atoms with Gasteiger partial charge in [0.15, 0.2) is 5.03 Å². The van der Waals surface area contributed by atoms with Crippen LogP contribution >= 0.6 is 0 Å². The Kier molecular flexibility index (Phi) is 3.67. The Morgan fingerprint density at radius 2 is 2.39 bits per heavy atom. The Balaban J connectivity index is 2.11. The molecule has 0 spiro atoms. The summed E-state index contributed by atoms with van der Waals surface area (Å²) in [5.74, 6) is -1.00. The average Bonchev–Trinajstić information content (AvgIpc) is 2.82. The molecule has 100 valence electrons. The predicted octanol–water partition coefficient (Wildman–Crippen LogP) is 0.285. The van der Waals surface area contributed by atoms with Crippen LogP contribution in [0.25, 0.3) is 0 Å². The number of nitrogens with zero attached hydrogens (tertiary/aromatic N) is 2. The van der Waals surface area contributed by atoms with Crippen LogP contribution in [0.5, 0.6) is 0 Å². The minimum Gasteiger partial charge on any atom is -0.481 e. The largest absolute Gasteiger partial charge is 0.481 e. The van der Waals surface area contributed by atoms with E-state index in [2.05, 4.69) is 10.2 Å². The second-order valence-corrected chi connectivity index (χ2v) is 6.30. The Bertz CT molecular complexity index is 511. The van der Waals surface area contributed by atoms with Crippen molar-refractivity contribution >= 4 is 16.0 Å². The lowest BCUT2D eigenvalue weighted by atomic mass is 9.96. The van der Waals surface area contributed by atoms with Gasteiger partial charge in [-0.1, -0.05) is 0 Å². The highest BCUT2D eigenvalue weighted by Gasteiger charge is 2.31. The van der Waals surface area contributed by atoms with Crippen LogP contribution in [0.2, 0.25) is 0 Å². The minimum absolute atomic E-state index is 0.00892. The molecule has 2 N–H and O–H groups in total. The van der Waals surface area contributed by atoms with Gasteiger partial charge in [0, 0.05) is 19.5 Å². The molecular formula is C10H15N3O4S. The van der Waals surface area contributed by atoms with Crippen molar-refractivity contribution in [3.63, 3.8) is 0 Å². The van der Waals surface area contributed by atoms with Gasteiger partial charge in [0.2, 0.25) is 0 Å². The maximum atomic E-state index is 12.2. The number of carbonyl (C=O) groups is 1. The van der Waals surface area contributed by atoms with E-state index in [1.165, 1.54) is 16.6 Å². The third-order valence-corrected chi connectivity index (χ3v) is 4.83. The fourth-order valence-corrected chi connectivity index (χ4v) is 3.64. The first-order chi connectivity index (χ1) is 8.50. The van der Waals surface area contributed by atoms with Crippen LogP contribution in [-0.2, 0) is 14.8 Å². The maximum Gasteiger partial charge on any atom is 0.303 e. The summed E-state index contributed by atoms with van der Waals surface area (Å²) < 4.78 is 25.7. The third-order valence-electron chi connectivity index (χ3n) is 3.04. The standard InChI is InChI=1S/C10H15N3O4S/c14-10(15)6-8-2-1-5-13(7-8)18(16,17)9-3-4-11-12-9/h3-4,8H,1-2,5-7H2,(H,11,12)(H,14,15). The molecule has 1 aromatic heterocycles. The predicted molar refractivity (Wildman–Crippen MR) is 62.3 cm³/mol. The molecule has 2 heterocycles. The van der Waals surface area contributed by atoms with Crippen molar-refractivity contribution in [3.05, 3.63) is 12.3 Å². The first-order valence-electron chi connectivity index (χ1n) is 5.71. The fraction of sp³-hybridized carbons (Fsp3) is 0.600. The van der Waals surface area contributed by atoms with Crippen molar-refractivity contribution < 1.29 is 18.3 Å². The lowest BCUT2D eigenvalue weighted by molar-refractivity contribution is -0.138. The number of carboxylic acids is 1. The van der Waals surface area contributed by atoms with Crippen molar-refractivity contribution in [1.82, 2.24) is 14.5 Å². The highest BCUT2D eigenvalue weighted by atomic mass is 32.2. The highest BCUT2D eigenvalue weighted by Crippen LogP contribution is 2.24. The molecule has 0 bridgehead atoms. The number of hydrogen-bond acceptors (Lipinski definition) is 4. The second kappa shape index (κ2) is 5.07. The fourth-order valence-electron chi connectivity index (χ4n) is 2.18. The lowest BCUT2D eigenvalue weighted by Crippen LogP contribution is -2.40. The summed E-state index contributed by atoms with van der Waals surface area (Å²) in [7, 11) is -3.57. The molecule has 7 nitrogen and oxygen atoms in total. The van der Waals surface area contributed by atoms with Gasteiger partial charge in [-0.15, -0.1) is 0 Å². The summed E-state index contributed by atoms with van der Waals surface area (Å²) >= 11 is 0. The zero-order valence-corrected chi connectivity index (χ0v) is 10.6. The van der Waals surface area contributed by atoms with Gasteiger partial charge < -0.3 is 5.11 Å². The number of H-pyrrole nitrogens is 1. The summed E-state index contributed by atoms with van der Waals surface area (Å²) in [6.45, 7) is 0.686. The molecule has 2 rings (SSSR count). The van der Waals surface area contributed by atoms with Gasteiger partial charge in [0.05, 0.1) is 6.20 Å². The van der Waals surface area contributed by atoms with Crippen LogP contribution in [0, 0.1) is 5.92 Å². The van der Waals surface area contributed by atoms with Gasteiger partial charge in [0.1, 0.15) is 0 Å². The van der Waals surface area contributed by atoms with E-state index in [4.69, 9.17) is 5.11 Å². The van der Waals surface area contributed by atoms with Crippen LogP contribution in [0.15, 0.2) is 17.3 Å². The van der Waals surface area contributed by atoms with Gasteiger partial charge in [-0.3, -0.25) is 9.89 Å². The molecule has 0 aromatic carbocycles. The molecule has 1 atom stereocenters. The zero-order chi connectivity index (χ0) is 13.2. The summed E-state index contributed by atoms with van der Waals surface area (Å²) in [6.07, 6.45) is 2.83. The van der Waals surface area contributed by atoms with Crippen LogP contribution in [-0.4, -0.2) is 47.1 Å². The Morgan fingerprint density at radius 1 is 1.61 bits per heavy atom. The number of hydrogen-bond donors (Lipinski definition) is 2. The van der Waals surface area contributed by atoms with Gasteiger partial charge >= 0.3 is 5.97 Å². The molecule has 18 heavy (non-hydrogen) atoms. The van der Waals surface area contributed by atoms with Crippen LogP contribution in [0.3, 0.4) is 0 Å². The second-order valence-electron chi connectivity index (χ2n) is 4.39. The first kappa shape index (κ1) is 13.0. The zero-order valence-electron chi connectivity index (χ0n) is 9.74. The van der Waals surface area contributed by atoms with Crippen LogP contribution in [0.1, 0.15) is 19.3 Å². The SMILES string of the molecule is O=C(O)CC1CCCN(S(=O)(=O)c2ccn[nH]2)C1. The topological polar surface area (TPSA) is 103 Å². The number of aliphatic carboxylic acids is 1. The van der Waals surface area contributed by atoms with E-state index < -0.39 is 16.0 Å². The van der Waals surface area contributed by atoms with E-state index in [9.17, 15) is 13.2 Å². The summed E-state index contributed by atoms with van der Waals surface area (Å²) in [6, 6.07) is 1.40. The maximum absolute atomic E-state index is 12.2. The molecule has 0 saturated carbocycles. The van der Waals surface area contributed by atoms with Crippen LogP contribution in [0.4, 0.5) is 0 Å². The van der Waals surface area contributed by atoms with Gasteiger partial charge in [-0.25, -0.2) is 8.42 Å². The molecule has 1 unspecified atom stereocenters. The average molecular weight is 273 g/mol. The summed E-state index contributed by atoms with van der Waals surface area (Å²) in [5, 5.41) is 14.9. The summed E-state index contributed by atoms with van der Waals surface area (Å²) in [4.78, 5) is 10.7. The Labute approximate surface area is 105 Å². The molecule has 0 aliphatic carbocycles. The number of aromatic amines is 1. The Morgan fingerprint density at radius 3 is 3.00 bits per heavy atom. The number of aromatic nitrogens is 2. The quantitative estimate of drug-likeness (QED) is 0.820. The van der Waals surface area contributed by atoms with E-state index >= 15 is 0 Å². The number of carboxylic acid groups (broad SMARTS) is 1. The number of rotatable bonds is 4. The molecule has 8 heteroatoms. The highest BCUT2D eigenvalue weighted by molar-refractivity contribution is 7.89. The van der Waals surface area contributed by atoms with Gasteiger partial charge in [-0.05, 0) is 24.8 Å².